The summed E-state index contributed by atoms with van der Waals surface area (Å²) in [6.07, 6.45) is 3.44. The highest BCUT2D eigenvalue weighted by Gasteiger charge is 2.15. The van der Waals surface area contributed by atoms with Crippen molar-refractivity contribution < 1.29 is 9.90 Å². The van der Waals surface area contributed by atoms with Gasteiger partial charge in [0.2, 0.25) is 0 Å². The summed E-state index contributed by atoms with van der Waals surface area (Å²) >= 11 is 6.06. The van der Waals surface area contributed by atoms with E-state index in [2.05, 4.69) is 11.7 Å². The Labute approximate surface area is 144 Å². The van der Waals surface area contributed by atoms with Crippen LogP contribution in [0.5, 0.6) is 0 Å². The van der Waals surface area contributed by atoms with Crippen LogP contribution in [0.4, 0.5) is 0 Å². The van der Waals surface area contributed by atoms with Gasteiger partial charge in [0.1, 0.15) is 0 Å². The number of carboxylic acid groups (broad SMARTS) is 1. The molecular formula is C19H15ClN2O2. The monoisotopic (exact) mass is 338 g/mol. The second-order valence-corrected chi connectivity index (χ2v) is 5.75. The van der Waals surface area contributed by atoms with Crippen molar-refractivity contribution in [1.82, 2.24) is 9.78 Å². The van der Waals surface area contributed by atoms with Gasteiger partial charge in [0.05, 0.1) is 17.8 Å². The first-order valence-corrected chi connectivity index (χ1v) is 7.74. The maximum atomic E-state index is 11.2. The van der Waals surface area contributed by atoms with Gasteiger partial charge in [0.15, 0.2) is 0 Å². The fraction of sp³-hybridized carbons (Fsp3) is 0.0526. The predicted molar refractivity (Wildman–Crippen MR) is 95.4 cm³/mol. The minimum Gasteiger partial charge on any atom is -0.481 e. The lowest BCUT2D eigenvalue weighted by Crippen LogP contribution is -2.03. The van der Waals surface area contributed by atoms with Crippen LogP contribution in [0, 0.1) is 0 Å². The number of carbonyl (C=O) groups is 1. The number of aliphatic carboxylic acids is 1. The van der Waals surface area contributed by atoms with Crippen LogP contribution in [0.15, 0.2) is 61.3 Å². The summed E-state index contributed by atoms with van der Waals surface area (Å²) < 4.78 is 1.68. The summed E-state index contributed by atoms with van der Waals surface area (Å²) in [5.41, 5.74) is 3.95. The fourth-order valence-corrected chi connectivity index (χ4v) is 2.67. The van der Waals surface area contributed by atoms with Gasteiger partial charge < -0.3 is 5.11 Å². The van der Waals surface area contributed by atoms with Gasteiger partial charge in [-0.2, -0.15) is 5.10 Å². The summed E-state index contributed by atoms with van der Waals surface area (Å²) in [5, 5.41) is 14.2. The molecule has 0 spiro atoms. The van der Waals surface area contributed by atoms with Gasteiger partial charge in [-0.25, -0.2) is 4.68 Å². The largest absolute Gasteiger partial charge is 0.481 e. The number of rotatable bonds is 5. The molecule has 1 heterocycles. The number of aromatic nitrogens is 2. The minimum absolute atomic E-state index is 0.153. The molecule has 0 unspecified atom stereocenters. The zero-order valence-electron chi connectivity index (χ0n) is 12.8. The summed E-state index contributed by atoms with van der Waals surface area (Å²) in [6, 6.07) is 15.0. The van der Waals surface area contributed by atoms with Crippen LogP contribution in [0.25, 0.3) is 22.9 Å². The molecule has 0 amide bonds. The number of benzene rings is 2. The molecule has 2 aromatic carbocycles. The van der Waals surface area contributed by atoms with Crippen LogP contribution in [-0.2, 0) is 11.2 Å². The number of carboxylic acids is 1. The molecule has 3 rings (SSSR count). The van der Waals surface area contributed by atoms with E-state index in [9.17, 15) is 4.79 Å². The Bertz CT molecular complexity index is 898. The maximum Gasteiger partial charge on any atom is 0.309 e. The van der Waals surface area contributed by atoms with Crippen LogP contribution in [0.2, 0.25) is 5.02 Å². The van der Waals surface area contributed by atoms with Crippen molar-refractivity contribution in [3.8, 4) is 16.8 Å². The van der Waals surface area contributed by atoms with Gasteiger partial charge in [-0.15, -0.1) is 0 Å². The zero-order chi connectivity index (χ0) is 17.1. The minimum atomic E-state index is -0.925. The standard InChI is InChI=1S/C19H15ClN2O2/c1-2-13-6-8-16(9-7-13)22-12-17(18(21-22)11-19(23)24)14-4-3-5-15(20)10-14/h2-10,12H,1,11H2,(H,23,24). The van der Waals surface area contributed by atoms with Gasteiger partial charge in [-0.3, -0.25) is 4.79 Å². The van der Waals surface area contributed by atoms with Crippen LogP contribution in [-0.4, -0.2) is 20.9 Å². The average molecular weight is 339 g/mol. The third kappa shape index (κ3) is 3.39. The quantitative estimate of drug-likeness (QED) is 0.747. The van der Waals surface area contributed by atoms with Gasteiger partial charge in [0.25, 0.3) is 0 Å². The molecule has 0 aliphatic heterocycles. The number of nitrogens with zero attached hydrogens (tertiary/aromatic N) is 2. The predicted octanol–water partition coefficient (Wildman–Crippen LogP) is 4.46. The van der Waals surface area contributed by atoms with E-state index < -0.39 is 5.97 Å². The van der Waals surface area contributed by atoms with E-state index in [-0.39, 0.29) is 6.42 Å². The molecule has 1 N–H and O–H groups in total. The highest BCUT2D eigenvalue weighted by Crippen LogP contribution is 2.27. The Balaban J connectivity index is 2.08. The first-order chi connectivity index (χ1) is 11.6. The molecule has 0 atom stereocenters. The molecule has 4 nitrogen and oxygen atoms in total. The molecule has 0 fully saturated rings. The average Bonchev–Trinajstić information content (AvgIpc) is 2.98. The summed E-state index contributed by atoms with van der Waals surface area (Å²) in [4.78, 5) is 11.2. The molecule has 0 saturated carbocycles. The zero-order valence-corrected chi connectivity index (χ0v) is 13.6. The van der Waals surface area contributed by atoms with Gasteiger partial charge in [-0.05, 0) is 35.4 Å². The van der Waals surface area contributed by atoms with Crippen molar-refractivity contribution in [1.29, 1.82) is 0 Å². The van der Waals surface area contributed by atoms with Crippen molar-refractivity contribution in [3.05, 3.63) is 77.6 Å². The summed E-state index contributed by atoms with van der Waals surface area (Å²) in [7, 11) is 0. The third-order valence-corrected chi connectivity index (χ3v) is 3.87. The highest BCUT2D eigenvalue weighted by molar-refractivity contribution is 6.30. The first kappa shape index (κ1) is 16.0. The van der Waals surface area contributed by atoms with E-state index >= 15 is 0 Å². The van der Waals surface area contributed by atoms with Crippen molar-refractivity contribution in [3.63, 3.8) is 0 Å². The molecular weight excluding hydrogens is 324 g/mol. The molecule has 120 valence electrons. The summed E-state index contributed by atoms with van der Waals surface area (Å²) in [6.45, 7) is 3.73. The third-order valence-electron chi connectivity index (χ3n) is 3.64. The van der Waals surface area contributed by atoms with Gasteiger partial charge >= 0.3 is 5.97 Å². The van der Waals surface area contributed by atoms with Crippen molar-refractivity contribution in [2.75, 3.05) is 0 Å². The Morgan fingerprint density at radius 2 is 2.00 bits per heavy atom. The number of hydrogen-bond acceptors (Lipinski definition) is 2. The van der Waals surface area contributed by atoms with Crippen molar-refractivity contribution in [2.24, 2.45) is 0 Å². The van der Waals surface area contributed by atoms with Crippen LogP contribution in [0.1, 0.15) is 11.3 Å². The second-order valence-electron chi connectivity index (χ2n) is 5.31. The number of halogens is 1. The SMILES string of the molecule is C=Cc1ccc(-n2cc(-c3cccc(Cl)c3)c(CC(=O)O)n2)cc1. The molecule has 0 saturated heterocycles. The second kappa shape index (κ2) is 6.72. The van der Waals surface area contributed by atoms with E-state index in [0.717, 1.165) is 22.4 Å². The molecule has 0 bridgehead atoms. The Hall–Kier alpha value is -2.85. The molecule has 5 heteroatoms. The van der Waals surface area contributed by atoms with Crippen molar-refractivity contribution in [2.45, 2.75) is 6.42 Å². The highest BCUT2D eigenvalue weighted by atomic mass is 35.5. The smallest absolute Gasteiger partial charge is 0.309 e. The molecule has 3 aromatic rings. The van der Waals surface area contributed by atoms with E-state index in [1.807, 2.05) is 42.6 Å². The van der Waals surface area contributed by atoms with Crippen LogP contribution in [0.3, 0.4) is 0 Å². The van der Waals surface area contributed by atoms with Gasteiger partial charge in [0, 0.05) is 16.8 Å². The van der Waals surface area contributed by atoms with E-state index in [4.69, 9.17) is 16.7 Å². The van der Waals surface area contributed by atoms with E-state index in [1.165, 1.54) is 0 Å². The fourth-order valence-electron chi connectivity index (χ4n) is 2.48. The molecule has 0 aliphatic carbocycles. The molecule has 0 radical (unpaired) electrons. The lowest BCUT2D eigenvalue weighted by Gasteiger charge is -2.01. The molecule has 24 heavy (non-hydrogen) atoms. The van der Waals surface area contributed by atoms with Crippen LogP contribution >= 0.6 is 11.6 Å². The van der Waals surface area contributed by atoms with Gasteiger partial charge in [-0.1, -0.05) is 48.5 Å². The molecule has 0 aliphatic rings. The summed E-state index contributed by atoms with van der Waals surface area (Å²) in [5.74, 6) is -0.925. The molecule has 1 aromatic heterocycles. The van der Waals surface area contributed by atoms with E-state index in [0.29, 0.717) is 10.7 Å². The topological polar surface area (TPSA) is 55.1 Å². The number of hydrogen-bond donors (Lipinski definition) is 1. The van der Waals surface area contributed by atoms with E-state index in [1.54, 1.807) is 22.9 Å². The Kier molecular flexibility index (Phi) is 4.49. The normalized spacial score (nSPS) is 10.5. The lowest BCUT2D eigenvalue weighted by atomic mass is 10.1. The van der Waals surface area contributed by atoms with Crippen LogP contribution < -0.4 is 0 Å². The Morgan fingerprint density at radius 3 is 2.62 bits per heavy atom. The maximum absolute atomic E-state index is 11.2. The van der Waals surface area contributed by atoms with Crippen molar-refractivity contribution >= 4 is 23.6 Å². The lowest BCUT2D eigenvalue weighted by molar-refractivity contribution is -0.136. The first-order valence-electron chi connectivity index (χ1n) is 7.36. The Morgan fingerprint density at radius 1 is 1.25 bits per heavy atom.